The molecular formula is C11H14FNO. The highest BCUT2D eigenvalue weighted by Gasteiger charge is 2.20. The standard InChI is InChI=1S/C11H14FNO/c1-8-7-14-11(13-8)6-9-3-2-4-10(12)5-9/h2-5,8,11,13H,6-7H2,1H3. The van der Waals surface area contributed by atoms with Crippen molar-refractivity contribution in [1.29, 1.82) is 0 Å². The van der Waals surface area contributed by atoms with Crippen molar-refractivity contribution in [2.45, 2.75) is 25.6 Å². The van der Waals surface area contributed by atoms with Crippen LogP contribution >= 0.6 is 0 Å². The lowest BCUT2D eigenvalue weighted by molar-refractivity contribution is 0.101. The Bertz CT molecular complexity index is 316. The fourth-order valence-corrected chi connectivity index (χ4v) is 1.67. The summed E-state index contributed by atoms with van der Waals surface area (Å²) in [5, 5.41) is 3.28. The minimum atomic E-state index is -0.187. The topological polar surface area (TPSA) is 21.3 Å². The van der Waals surface area contributed by atoms with E-state index in [1.807, 2.05) is 6.07 Å². The molecule has 1 heterocycles. The Morgan fingerprint density at radius 2 is 2.43 bits per heavy atom. The maximum atomic E-state index is 12.9. The van der Waals surface area contributed by atoms with Crippen LogP contribution in [0.5, 0.6) is 0 Å². The molecule has 3 heteroatoms. The van der Waals surface area contributed by atoms with Gasteiger partial charge in [-0.3, -0.25) is 5.32 Å². The van der Waals surface area contributed by atoms with Gasteiger partial charge < -0.3 is 4.74 Å². The van der Waals surface area contributed by atoms with Crippen molar-refractivity contribution in [1.82, 2.24) is 5.32 Å². The lowest BCUT2D eigenvalue weighted by Crippen LogP contribution is -2.29. The quantitative estimate of drug-likeness (QED) is 0.775. The molecule has 2 unspecified atom stereocenters. The normalized spacial score (nSPS) is 26.7. The highest BCUT2D eigenvalue weighted by atomic mass is 19.1. The molecule has 14 heavy (non-hydrogen) atoms. The summed E-state index contributed by atoms with van der Waals surface area (Å²) in [6, 6.07) is 7.04. The van der Waals surface area contributed by atoms with Crippen molar-refractivity contribution in [2.75, 3.05) is 6.61 Å². The lowest BCUT2D eigenvalue weighted by atomic mass is 10.1. The second-order valence-corrected chi connectivity index (χ2v) is 3.72. The van der Waals surface area contributed by atoms with Crippen LogP contribution in [0.4, 0.5) is 4.39 Å². The Hall–Kier alpha value is -0.930. The second kappa shape index (κ2) is 4.07. The van der Waals surface area contributed by atoms with Gasteiger partial charge in [-0.15, -0.1) is 0 Å². The van der Waals surface area contributed by atoms with E-state index in [1.165, 1.54) is 6.07 Å². The van der Waals surface area contributed by atoms with Crippen LogP contribution in [0.15, 0.2) is 24.3 Å². The third kappa shape index (κ3) is 2.30. The van der Waals surface area contributed by atoms with Crippen LogP contribution < -0.4 is 5.32 Å². The van der Waals surface area contributed by atoms with Crippen molar-refractivity contribution >= 4 is 0 Å². The first-order valence-corrected chi connectivity index (χ1v) is 4.86. The van der Waals surface area contributed by atoms with Crippen LogP contribution in [0.25, 0.3) is 0 Å². The van der Waals surface area contributed by atoms with Crippen LogP contribution in [-0.2, 0) is 11.2 Å². The Kier molecular flexibility index (Phi) is 2.79. The van der Waals surface area contributed by atoms with Crippen LogP contribution in [0.1, 0.15) is 12.5 Å². The van der Waals surface area contributed by atoms with E-state index >= 15 is 0 Å². The van der Waals surface area contributed by atoms with Gasteiger partial charge in [-0.2, -0.15) is 0 Å². The Morgan fingerprint density at radius 1 is 1.57 bits per heavy atom. The van der Waals surface area contributed by atoms with Gasteiger partial charge in [0.05, 0.1) is 6.61 Å². The highest BCUT2D eigenvalue weighted by Crippen LogP contribution is 2.11. The summed E-state index contributed by atoms with van der Waals surface area (Å²) in [6.45, 7) is 2.81. The van der Waals surface area contributed by atoms with Crippen molar-refractivity contribution in [3.8, 4) is 0 Å². The molecule has 2 nitrogen and oxygen atoms in total. The monoisotopic (exact) mass is 195 g/mol. The van der Waals surface area contributed by atoms with E-state index in [-0.39, 0.29) is 12.0 Å². The number of halogens is 1. The molecule has 1 aliphatic heterocycles. The molecule has 2 rings (SSSR count). The minimum absolute atomic E-state index is 0.0341. The van der Waals surface area contributed by atoms with Gasteiger partial charge in [-0.1, -0.05) is 12.1 Å². The summed E-state index contributed by atoms with van der Waals surface area (Å²) >= 11 is 0. The van der Waals surface area contributed by atoms with Gasteiger partial charge in [0.15, 0.2) is 0 Å². The van der Waals surface area contributed by atoms with Gasteiger partial charge >= 0.3 is 0 Å². The molecule has 1 aromatic carbocycles. The molecule has 0 radical (unpaired) electrons. The van der Waals surface area contributed by atoms with Crippen LogP contribution in [0.3, 0.4) is 0 Å². The summed E-state index contributed by atoms with van der Waals surface area (Å²) in [5.41, 5.74) is 0.969. The van der Waals surface area contributed by atoms with Crippen LogP contribution in [-0.4, -0.2) is 18.9 Å². The molecule has 1 saturated heterocycles. The average molecular weight is 195 g/mol. The van der Waals surface area contributed by atoms with E-state index in [2.05, 4.69) is 12.2 Å². The summed E-state index contributed by atoms with van der Waals surface area (Å²) in [4.78, 5) is 0. The first-order valence-electron chi connectivity index (χ1n) is 4.86. The van der Waals surface area contributed by atoms with Gasteiger partial charge in [0, 0.05) is 12.5 Å². The van der Waals surface area contributed by atoms with Gasteiger partial charge in [0.25, 0.3) is 0 Å². The Labute approximate surface area is 83.1 Å². The van der Waals surface area contributed by atoms with Gasteiger partial charge in [-0.25, -0.2) is 4.39 Å². The van der Waals surface area contributed by atoms with Crippen molar-refractivity contribution in [2.24, 2.45) is 0 Å². The number of benzene rings is 1. The number of ether oxygens (including phenoxy) is 1. The zero-order chi connectivity index (χ0) is 9.97. The first kappa shape index (κ1) is 9.62. The molecule has 0 aliphatic carbocycles. The summed E-state index contributed by atoms with van der Waals surface area (Å²) in [6.07, 6.45) is 0.758. The number of nitrogens with one attached hydrogen (secondary N) is 1. The van der Waals surface area contributed by atoms with Gasteiger partial charge in [0.1, 0.15) is 12.0 Å². The van der Waals surface area contributed by atoms with E-state index in [0.29, 0.717) is 6.04 Å². The van der Waals surface area contributed by atoms with E-state index < -0.39 is 0 Å². The predicted octanol–water partition coefficient (Wildman–Crippen LogP) is 1.70. The van der Waals surface area contributed by atoms with E-state index in [4.69, 9.17) is 4.74 Å². The number of hydrogen-bond acceptors (Lipinski definition) is 2. The maximum Gasteiger partial charge on any atom is 0.123 e. The lowest BCUT2D eigenvalue weighted by Gasteiger charge is -2.10. The average Bonchev–Trinajstić information content (AvgIpc) is 2.51. The van der Waals surface area contributed by atoms with Crippen molar-refractivity contribution in [3.05, 3.63) is 35.6 Å². The molecule has 76 valence electrons. The minimum Gasteiger partial charge on any atom is -0.361 e. The summed E-state index contributed by atoms with van der Waals surface area (Å²) in [7, 11) is 0. The van der Waals surface area contributed by atoms with E-state index in [1.54, 1.807) is 12.1 Å². The Morgan fingerprint density at radius 3 is 3.07 bits per heavy atom. The van der Waals surface area contributed by atoms with Crippen LogP contribution in [0, 0.1) is 5.82 Å². The molecule has 1 aliphatic rings. The second-order valence-electron chi connectivity index (χ2n) is 3.72. The van der Waals surface area contributed by atoms with Crippen molar-refractivity contribution in [3.63, 3.8) is 0 Å². The molecule has 1 N–H and O–H groups in total. The summed E-state index contributed by atoms with van der Waals surface area (Å²) in [5.74, 6) is -0.187. The highest BCUT2D eigenvalue weighted by molar-refractivity contribution is 5.17. The van der Waals surface area contributed by atoms with Crippen molar-refractivity contribution < 1.29 is 9.13 Å². The maximum absolute atomic E-state index is 12.9. The van der Waals surface area contributed by atoms with E-state index in [0.717, 1.165) is 18.6 Å². The first-order chi connectivity index (χ1) is 6.74. The fraction of sp³-hybridized carbons (Fsp3) is 0.455. The molecule has 0 saturated carbocycles. The SMILES string of the molecule is CC1COC(Cc2cccc(F)c2)N1. The third-order valence-electron chi connectivity index (χ3n) is 2.33. The molecule has 0 amide bonds. The Balaban J connectivity index is 1.97. The zero-order valence-corrected chi connectivity index (χ0v) is 8.16. The molecular weight excluding hydrogens is 181 g/mol. The van der Waals surface area contributed by atoms with Gasteiger partial charge in [0.2, 0.25) is 0 Å². The molecule has 1 fully saturated rings. The van der Waals surface area contributed by atoms with E-state index in [9.17, 15) is 4.39 Å². The predicted molar refractivity (Wildman–Crippen MR) is 52.4 cm³/mol. The van der Waals surface area contributed by atoms with Crippen LogP contribution in [0.2, 0.25) is 0 Å². The number of hydrogen-bond donors (Lipinski definition) is 1. The number of rotatable bonds is 2. The smallest absolute Gasteiger partial charge is 0.123 e. The molecule has 0 aromatic heterocycles. The largest absolute Gasteiger partial charge is 0.361 e. The molecule has 2 atom stereocenters. The summed E-state index contributed by atoms with van der Waals surface area (Å²) < 4.78 is 18.3. The fourth-order valence-electron chi connectivity index (χ4n) is 1.67. The zero-order valence-electron chi connectivity index (χ0n) is 8.16. The third-order valence-corrected chi connectivity index (χ3v) is 2.33. The van der Waals surface area contributed by atoms with Gasteiger partial charge in [-0.05, 0) is 24.6 Å². The molecule has 1 aromatic rings. The molecule has 0 spiro atoms. The molecule has 0 bridgehead atoms.